The number of amides is 7. The van der Waals surface area contributed by atoms with Crippen molar-refractivity contribution >= 4 is 145 Å². The van der Waals surface area contributed by atoms with Crippen molar-refractivity contribution in [3.05, 3.63) is 206 Å². The van der Waals surface area contributed by atoms with Crippen molar-refractivity contribution in [2.24, 2.45) is 7.05 Å². The molecule has 54 heteroatoms. The number of aryl methyl sites for hydroxylation is 1. The van der Waals surface area contributed by atoms with Gasteiger partial charge in [-0.05, 0) is 74.7 Å². The number of benzene rings is 4. The van der Waals surface area contributed by atoms with E-state index in [1.807, 2.05) is 6.92 Å². The van der Waals surface area contributed by atoms with Crippen LogP contribution in [0.2, 0.25) is 0 Å². The lowest BCUT2D eigenvalue weighted by molar-refractivity contribution is -0.133. The van der Waals surface area contributed by atoms with Crippen LogP contribution in [0.3, 0.4) is 0 Å². The Hall–Kier alpha value is -17.1. The molecule has 43 nitrogen and oxygen atoms in total. The summed E-state index contributed by atoms with van der Waals surface area (Å²) >= 11 is 4.69. The van der Waals surface area contributed by atoms with Crippen molar-refractivity contribution < 1.29 is 92.4 Å². The molecule has 5 aliphatic heterocycles. The standard InChI is InChI=1S/C27H28F2N8O3S.C23H22F2N8O4.C23H22F2N8O3S.C22H19F2N7O2S/c1-16-12-31-19-11-21(40-27(28)29)17(10-22(19)41-16)24-20(14-36(34-24)15-23(38)35-7-3-2-4-8-35)33-26(39)18-13-32-37-9-5-6-30-25(18)37;1-31(2)19(34)12-32-11-16(29-22(35)14-10-28-33-6-3-4-27-21(14)33)20(30-32)13-8-18-15(26-5-7-36-18)9-17(13)37-23(24)25;1-31(2)19(34)12-32-11-16(29-22(35)14-10-28-33-6-3-4-27-21(14)33)20(30-32)13-8-18-15(26-5-7-37-18)9-17(13)36-23(24)25;1-11-12(2)34-18-7-13(17(33-22(23)24)8-15(18)27-11)19-16(10-30(3)29-19)28-21(32)14-9-26-31-6-4-5-25-20(14)31/h5-6,9-11,13-14,16,27,31H,2-4,7-8,12,15H2,1H3,(H,33,39);2*3-4,6,8-11,23,26H,5,7,12H2,1-2H3,(H,29,35);4-10,12,22,27H,1H2,2-3H3,(H,28,32). The molecule has 0 radical (unpaired) electrons. The first-order valence-electron chi connectivity index (χ1n) is 45.9. The molecule has 16 aromatic rings. The van der Waals surface area contributed by atoms with Crippen LogP contribution in [0.15, 0.2) is 199 Å². The molecule has 5 aliphatic rings. The van der Waals surface area contributed by atoms with E-state index < -0.39 is 50.1 Å². The summed E-state index contributed by atoms with van der Waals surface area (Å²) in [6.07, 6.45) is 27.4. The second-order valence-electron chi connectivity index (χ2n) is 34.1. The van der Waals surface area contributed by atoms with E-state index in [1.165, 1.54) is 144 Å². The highest BCUT2D eigenvalue weighted by molar-refractivity contribution is 8.00. The number of likely N-dealkylation sites (N-methyl/N-ethyl adjacent to an activating group) is 2. The van der Waals surface area contributed by atoms with Crippen molar-refractivity contribution in [2.75, 3.05) is 116 Å². The van der Waals surface area contributed by atoms with E-state index in [2.05, 4.69) is 117 Å². The molecular formula is C95H91F8N31O12S3. The molecule has 17 heterocycles. The Labute approximate surface area is 852 Å². The van der Waals surface area contributed by atoms with Gasteiger partial charge in [0.25, 0.3) is 23.6 Å². The Bertz CT molecular complexity index is 7570. The van der Waals surface area contributed by atoms with Crippen molar-refractivity contribution in [1.82, 2.24) is 112 Å². The van der Waals surface area contributed by atoms with Gasteiger partial charge in [0.15, 0.2) is 22.6 Å². The van der Waals surface area contributed by atoms with Crippen molar-refractivity contribution in [1.29, 1.82) is 0 Å². The zero-order valence-corrected chi connectivity index (χ0v) is 82.4. The number of rotatable bonds is 26. The number of nitrogens with one attached hydrogen (secondary N) is 8. The third-order valence-corrected chi connectivity index (χ3v) is 26.8. The second-order valence-corrected chi connectivity index (χ2v) is 38.1. The van der Waals surface area contributed by atoms with Crippen molar-refractivity contribution in [3.63, 3.8) is 0 Å². The topological polar surface area (TPSA) is 464 Å². The smallest absolute Gasteiger partial charge is 0.387 e. The number of alkyl halides is 8. The number of halogens is 8. The molecule has 149 heavy (non-hydrogen) atoms. The Morgan fingerprint density at radius 1 is 0.463 bits per heavy atom. The van der Waals surface area contributed by atoms with Gasteiger partial charge in [-0.25, -0.2) is 38.0 Å². The Morgan fingerprint density at radius 3 is 1.27 bits per heavy atom. The SMILES string of the molecule is C=C1Nc2cc(OC(F)F)c(-c3nn(C)cc3NC(=O)c3cnn4cccnc34)cc2SC1C.CC1CNc2cc(OC(F)F)c(-c3nn(CC(=O)N4CCCCC4)cc3NC(=O)c3cnn4cccnc34)cc2S1.CN(C)C(=O)Cn1cc(NC(=O)c2cnn3cccnc23)c(-c2cc3c(cc2OC(F)F)NCCO3)n1.CN(C)C(=O)Cn1cc(NC(=O)c2cnn3cccnc23)c(-c2cc3c(cc2OC(F)F)NCCS3)n1. The molecule has 772 valence electrons. The minimum absolute atomic E-state index is 0.0650. The van der Waals surface area contributed by atoms with Crippen molar-refractivity contribution in [2.45, 2.75) is 104 Å². The van der Waals surface area contributed by atoms with Gasteiger partial charge in [0, 0.05) is 220 Å². The number of carbonyl (C=O) groups excluding carboxylic acids is 7. The second kappa shape index (κ2) is 44.5. The summed E-state index contributed by atoms with van der Waals surface area (Å²) in [6.45, 7) is -1.05. The maximum absolute atomic E-state index is 13.5. The predicted molar refractivity (Wildman–Crippen MR) is 535 cm³/mol. The minimum Gasteiger partial charge on any atom is -0.490 e. The number of piperidine rings is 1. The first-order chi connectivity index (χ1) is 71.7. The molecule has 0 saturated carbocycles. The van der Waals surface area contributed by atoms with Gasteiger partial charge in [0.1, 0.15) is 100 Å². The molecule has 1 fully saturated rings. The largest absolute Gasteiger partial charge is 0.490 e. The van der Waals surface area contributed by atoms with Gasteiger partial charge in [-0.15, -0.1) is 35.3 Å². The van der Waals surface area contributed by atoms with Crippen LogP contribution in [-0.2, 0) is 41.1 Å². The number of hydrogen-bond acceptors (Lipinski definition) is 31. The average molecular weight is 2110 g/mol. The fourth-order valence-corrected chi connectivity index (χ4v) is 19.2. The van der Waals surface area contributed by atoms with Crippen molar-refractivity contribution in [3.8, 4) is 73.8 Å². The van der Waals surface area contributed by atoms with Gasteiger partial charge in [0.05, 0.1) is 75.8 Å². The molecular weight excluding hydrogens is 2020 g/mol. The van der Waals surface area contributed by atoms with Gasteiger partial charge in [-0.1, -0.05) is 13.5 Å². The molecule has 1 saturated heterocycles. The highest BCUT2D eigenvalue weighted by atomic mass is 32.2. The summed E-state index contributed by atoms with van der Waals surface area (Å²) in [5.74, 6) is -1.92. The maximum Gasteiger partial charge on any atom is 0.387 e. The van der Waals surface area contributed by atoms with E-state index in [4.69, 9.17) is 23.7 Å². The Morgan fingerprint density at radius 2 is 0.839 bits per heavy atom. The number of ether oxygens (including phenoxy) is 5. The zero-order valence-electron chi connectivity index (χ0n) is 80.0. The summed E-state index contributed by atoms with van der Waals surface area (Å²) in [5.41, 5.74) is 8.18. The fraction of sp³-hybridized carbons (Fsp3) is 0.274. The highest BCUT2D eigenvalue weighted by Crippen LogP contribution is 2.50. The van der Waals surface area contributed by atoms with E-state index in [0.29, 0.717) is 102 Å². The third kappa shape index (κ3) is 23.3. The normalized spacial score (nSPS) is 14.4. The number of hydrogen-bond donors (Lipinski definition) is 8. The highest BCUT2D eigenvalue weighted by Gasteiger charge is 2.34. The molecule has 7 amide bonds. The van der Waals surface area contributed by atoms with Crippen LogP contribution in [-0.4, -0.2) is 264 Å². The van der Waals surface area contributed by atoms with Gasteiger partial charge in [-0.2, -0.15) is 75.9 Å². The lowest BCUT2D eigenvalue weighted by Gasteiger charge is -2.26. The van der Waals surface area contributed by atoms with Crippen LogP contribution in [0.5, 0.6) is 28.7 Å². The summed E-state index contributed by atoms with van der Waals surface area (Å²) in [5, 5.41) is 58.6. The summed E-state index contributed by atoms with van der Waals surface area (Å²) in [6, 6.07) is 19.3. The van der Waals surface area contributed by atoms with Crippen LogP contribution < -0.4 is 66.2 Å². The van der Waals surface area contributed by atoms with Crippen LogP contribution in [0.1, 0.15) is 74.5 Å². The van der Waals surface area contributed by atoms with Gasteiger partial charge in [0.2, 0.25) is 17.7 Å². The predicted octanol–water partition coefficient (Wildman–Crippen LogP) is 14.2. The lowest BCUT2D eigenvalue weighted by atomic mass is 10.1. The molecule has 0 bridgehead atoms. The molecule has 12 aromatic heterocycles. The number of carbonyl (C=O) groups is 7. The molecule has 4 aromatic carbocycles. The monoisotopic (exact) mass is 2110 g/mol. The third-order valence-electron chi connectivity index (χ3n) is 23.4. The quantitative estimate of drug-likeness (QED) is 0.0233. The van der Waals surface area contributed by atoms with E-state index in [9.17, 15) is 68.7 Å². The molecule has 21 rings (SSSR count). The van der Waals surface area contributed by atoms with Crippen LogP contribution in [0.4, 0.5) is 80.6 Å². The molecule has 2 unspecified atom stereocenters. The van der Waals surface area contributed by atoms with Crippen LogP contribution in [0, 0.1) is 0 Å². The number of aromatic nitrogens is 20. The number of thioether (sulfide) groups is 3. The number of anilines is 8. The van der Waals surface area contributed by atoms with E-state index >= 15 is 0 Å². The summed E-state index contributed by atoms with van der Waals surface area (Å²) in [4.78, 5) is 114. The van der Waals surface area contributed by atoms with Gasteiger partial charge in [-0.3, -0.25) is 52.3 Å². The van der Waals surface area contributed by atoms with Gasteiger partial charge < -0.3 is 80.9 Å². The first-order valence-corrected chi connectivity index (χ1v) is 48.6. The summed E-state index contributed by atoms with van der Waals surface area (Å²) < 4.78 is 143. The Balaban J connectivity index is 0.000000130. The minimum atomic E-state index is -3.11. The zero-order chi connectivity index (χ0) is 105. The number of likely N-dealkylation sites (tertiary alicyclic amines) is 1. The van der Waals surface area contributed by atoms with Gasteiger partial charge >= 0.3 is 26.4 Å². The molecule has 2 atom stereocenters. The molecule has 0 aliphatic carbocycles. The maximum atomic E-state index is 13.5. The van der Waals surface area contributed by atoms with Crippen LogP contribution >= 0.6 is 35.3 Å². The lowest BCUT2D eigenvalue weighted by Crippen LogP contribution is -2.37. The van der Waals surface area contributed by atoms with E-state index in [0.717, 1.165) is 45.4 Å². The molecule has 0 spiro atoms. The molecule has 8 N–H and O–H groups in total. The average Bonchev–Trinajstić information content (AvgIpc) is 1.66. The van der Waals surface area contributed by atoms with Crippen LogP contribution in [0.25, 0.3) is 67.6 Å². The summed E-state index contributed by atoms with van der Waals surface area (Å²) in [7, 11) is 8.07. The first kappa shape index (κ1) is 102. The number of nitrogens with zero attached hydrogens (tertiary/aromatic N) is 23. The fourth-order valence-electron chi connectivity index (χ4n) is 16.2. The number of fused-ring (bicyclic) bond motifs is 8. The van der Waals surface area contributed by atoms with E-state index in [-0.39, 0.29) is 150 Å². The van der Waals surface area contributed by atoms with E-state index in [1.54, 1.807) is 150 Å². The Kier molecular flexibility index (Phi) is 30.4.